The zero-order chi connectivity index (χ0) is 21.1. The molecule has 0 unspecified atom stereocenters. The second-order valence-electron chi connectivity index (χ2n) is 6.68. The van der Waals surface area contributed by atoms with E-state index < -0.39 is 6.09 Å². The van der Waals surface area contributed by atoms with E-state index in [0.717, 1.165) is 17.8 Å². The Bertz CT molecular complexity index is 1130. The molecule has 3 heterocycles. The Hall–Kier alpha value is -3.03. The van der Waals surface area contributed by atoms with Gasteiger partial charge in [-0.2, -0.15) is 0 Å². The molecule has 1 aromatic carbocycles. The molecule has 1 aliphatic heterocycles. The van der Waals surface area contributed by atoms with Gasteiger partial charge in [0.05, 0.1) is 15.2 Å². The highest BCUT2D eigenvalue weighted by Gasteiger charge is 2.27. The second kappa shape index (κ2) is 8.77. The number of carbonyl (C=O) groups excluding carboxylic acids is 2. The fraction of sp³-hybridized carbons (Fsp3) is 0.300. The SMILES string of the molecule is C#CCOC(=O)N1CCC(c2nc(C(=O)Nc3nc4ccc(F)cc4s3)cs2)CC1. The van der Waals surface area contributed by atoms with Crippen molar-refractivity contribution in [2.45, 2.75) is 18.8 Å². The van der Waals surface area contributed by atoms with Gasteiger partial charge < -0.3 is 9.64 Å². The zero-order valence-corrected chi connectivity index (χ0v) is 17.4. The molecule has 2 amide bonds. The standard InChI is InChI=1S/C20H17FN4O3S2/c1-2-9-28-20(27)25-7-5-12(6-8-25)18-22-15(11-29-18)17(26)24-19-23-14-4-3-13(21)10-16(14)30-19/h1,3-4,10-12H,5-9H2,(H,23,24,26). The third kappa shape index (κ3) is 4.42. The Morgan fingerprint density at radius 2 is 2.13 bits per heavy atom. The first kappa shape index (κ1) is 20.3. The number of likely N-dealkylation sites (tertiary alicyclic amines) is 1. The molecule has 1 aliphatic rings. The maximum atomic E-state index is 13.3. The van der Waals surface area contributed by atoms with Gasteiger partial charge in [-0.15, -0.1) is 17.8 Å². The number of thiazole rings is 2. The van der Waals surface area contributed by atoms with Gasteiger partial charge in [0, 0.05) is 24.4 Å². The Balaban J connectivity index is 1.36. The Morgan fingerprint density at radius 3 is 2.90 bits per heavy atom. The van der Waals surface area contributed by atoms with Crippen molar-refractivity contribution in [3.63, 3.8) is 0 Å². The molecule has 30 heavy (non-hydrogen) atoms. The summed E-state index contributed by atoms with van der Waals surface area (Å²) >= 11 is 2.63. The van der Waals surface area contributed by atoms with Crippen LogP contribution < -0.4 is 5.32 Å². The fourth-order valence-corrected chi connectivity index (χ4v) is 5.05. The van der Waals surface area contributed by atoms with Gasteiger partial charge in [0.25, 0.3) is 5.91 Å². The number of hydrogen-bond acceptors (Lipinski definition) is 7. The van der Waals surface area contributed by atoms with E-state index in [0.29, 0.717) is 34.1 Å². The number of carbonyl (C=O) groups is 2. The Labute approximate surface area is 179 Å². The van der Waals surface area contributed by atoms with Crippen molar-refractivity contribution < 1.29 is 18.7 Å². The highest BCUT2D eigenvalue weighted by Crippen LogP contribution is 2.31. The summed E-state index contributed by atoms with van der Waals surface area (Å²) in [5.74, 6) is 1.76. The molecule has 0 bridgehead atoms. The maximum absolute atomic E-state index is 13.3. The summed E-state index contributed by atoms with van der Waals surface area (Å²) in [6.07, 6.45) is 6.18. The molecule has 1 saturated heterocycles. The molecule has 4 rings (SSSR count). The second-order valence-corrected chi connectivity index (χ2v) is 8.60. The topological polar surface area (TPSA) is 84.4 Å². The van der Waals surface area contributed by atoms with E-state index in [-0.39, 0.29) is 24.2 Å². The lowest BCUT2D eigenvalue weighted by atomic mass is 9.98. The lowest BCUT2D eigenvalue weighted by Crippen LogP contribution is -2.38. The van der Waals surface area contributed by atoms with E-state index >= 15 is 0 Å². The normalized spacial score (nSPS) is 14.5. The lowest BCUT2D eigenvalue weighted by molar-refractivity contribution is 0.102. The summed E-state index contributed by atoms with van der Waals surface area (Å²) in [6.45, 7) is 1.07. The quantitative estimate of drug-likeness (QED) is 0.613. The number of nitrogens with one attached hydrogen (secondary N) is 1. The van der Waals surface area contributed by atoms with Gasteiger partial charge in [-0.1, -0.05) is 17.3 Å². The van der Waals surface area contributed by atoms with Crippen molar-refractivity contribution in [3.05, 3.63) is 40.1 Å². The minimum atomic E-state index is -0.402. The number of amides is 2. The van der Waals surface area contributed by atoms with E-state index in [1.807, 2.05) is 0 Å². The first-order valence-corrected chi connectivity index (χ1v) is 10.9. The van der Waals surface area contributed by atoms with Crippen LogP contribution in [0.4, 0.5) is 14.3 Å². The summed E-state index contributed by atoms with van der Waals surface area (Å²) in [7, 11) is 0. The van der Waals surface area contributed by atoms with E-state index in [1.165, 1.54) is 34.8 Å². The van der Waals surface area contributed by atoms with Gasteiger partial charge in [0.1, 0.15) is 11.5 Å². The molecule has 7 nitrogen and oxygen atoms in total. The summed E-state index contributed by atoms with van der Waals surface area (Å²) < 4.78 is 18.9. The highest BCUT2D eigenvalue weighted by atomic mass is 32.1. The van der Waals surface area contributed by atoms with Crippen molar-refractivity contribution in [1.82, 2.24) is 14.9 Å². The predicted octanol–water partition coefficient (Wildman–Crippen LogP) is 4.09. The molecular formula is C20H17FN4O3S2. The minimum Gasteiger partial charge on any atom is -0.436 e. The summed E-state index contributed by atoms with van der Waals surface area (Å²) in [5.41, 5.74) is 0.944. The van der Waals surface area contributed by atoms with Gasteiger partial charge in [-0.05, 0) is 31.0 Å². The number of terminal acetylenes is 1. The van der Waals surface area contributed by atoms with Crippen LogP contribution in [0.2, 0.25) is 0 Å². The van der Waals surface area contributed by atoms with Gasteiger partial charge in [0.2, 0.25) is 0 Å². The summed E-state index contributed by atoms with van der Waals surface area (Å²) in [4.78, 5) is 34.8. The van der Waals surface area contributed by atoms with Crippen LogP contribution in [-0.2, 0) is 4.74 Å². The molecule has 0 aliphatic carbocycles. The van der Waals surface area contributed by atoms with Crippen LogP contribution in [0, 0.1) is 18.2 Å². The predicted molar refractivity (Wildman–Crippen MR) is 113 cm³/mol. The third-order valence-corrected chi connectivity index (χ3v) is 6.65. The third-order valence-electron chi connectivity index (χ3n) is 4.71. The van der Waals surface area contributed by atoms with Crippen LogP contribution in [0.15, 0.2) is 23.6 Å². The molecule has 1 fully saturated rings. The molecule has 0 saturated carbocycles. The number of nitrogens with zero attached hydrogens (tertiary/aromatic N) is 3. The van der Waals surface area contributed by atoms with Crippen LogP contribution >= 0.6 is 22.7 Å². The molecule has 10 heteroatoms. The number of ether oxygens (including phenoxy) is 1. The van der Waals surface area contributed by atoms with Gasteiger partial charge in [0.15, 0.2) is 11.7 Å². The van der Waals surface area contributed by atoms with Gasteiger partial charge >= 0.3 is 6.09 Å². The largest absolute Gasteiger partial charge is 0.436 e. The summed E-state index contributed by atoms with van der Waals surface area (Å²) in [6, 6.07) is 4.30. The van der Waals surface area contributed by atoms with E-state index in [2.05, 4.69) is 21.2 Å². The number of piperidine rings is 1. The smallest absolute Gasteiger partial charge is 0.410 e. The number of anilines is 1. The maximum Gasteiger partial charge on any atom is 0.410 e. The summed E-state index contributed by atoms with van der Waals surface area (Å²) in [5, 5.41) is 5.70. The van der Waals surface area contributed by atoms with Gasteiger partial charge in [-0.3, -0.25) is 10.1 Å². The Kier molecular flexibility index (Phi) is 5.92. The fourth-order valence-electron chi connectivity index (χ4n) is 3.20. The van der Waals surface area contributed by atoms with Crippen molar-refractivity contribution in [2.24, 2.45) is 0 Å². The average Bonchev–Trinajstić information content (AvgIpc) is 3.38. The van der Waals surface area contributed by atoms with Crippen molar-refractivity contribution in [1.29, 1.82) is 0 Å². The number of aromatic nitrogens is 2. The Morgan fingerprint density at radius 1 is 1.33 bits per heavy atom. The monoisotopic (exact) mass is 444 g/mol. The van der Waals surface area contributed by atoms with Gasteiger partial charge in [-0.25, -0.2) is 19.2 Å². The first-order chi connectivity index (χ1) is 14.5. The average molecular weight is 445 g/mol. The van der Waals surface area contributed by atoms with E-state index in [1.54, 1.807) is 16.3 Å². The molecule has 0 spiro atoms. The van der Waals surface area contributed by atoms with Crippen molar-refractivity contribution in [3.8, 4) is 12.3 Å². The molecule has 154 valence electrons. The number of rotatable bonds is 4. The van der Waals surface area contributed by atoms with Crippen molar-refractivity contribution in [2.75, 3.05) is 25.0 Å². The van der Waals surface area contributed by atoms with Crippen LogP contribution in [-0.4, -0.2) is 46.6 Å². The molecule has 2 aromatic heterocycles. The van der Waals surface area contributed by atoms with Crippen LogP contribution in [0.25, 0.3) is 10.2 Å². The lowest BCUT2D eigenvalue weighted by Gasteiger charge is -2.30. The number of halogens is 1. The van der Waals surface area contributed by atoms with E-state index in [4.69, 9.17) is 11.2 Å². The number of fused-ring (bicyclic) bond motifs is 1. The molecule has 0 radical (unpaired) electrons. The molecular weight excluding hydrogens is 427 g/mol. The van der Waals surface area contributed by atoms with E-state index in [9.17, 15) is 14.0 Å². The molecule has 1 N–H and O–H groups in total. The van der Waals surface area contributed by atoms with Crippen LogP contribution in [0.5, 0.6) is 0 Å². The zero-order valence-electron chi connectivity index (χ0n) is 15.8. The molecule has 3 aromatic rings. The van der Waals surface area contributed by atoms with Crippen molar-refractivity contribution >= 4 is 50.0 Å². The number of benzene rings is 1. The van der Waals surface area contributed by atoms with Crippen LogP contribution in [0.1, 0.15) is 34.3 Å². The van der Waals surface area contributed by atoms with Crippen LogP contribution in [0.3, 0.4) is 0 Å². The molecule has 0 atom stereocenters. The minimum absolute atomic E-state index is 0.0344. The highest BCUT2D eigenvalue weighted by molar-refractivity contribution is 7.22. The first-order valence-electron chi connectivity index (χ1n) is 9.21. The number of hydrogen-bond donors (Lipinski definition) is 1.